The fraction of sp³-hybridized carbons (Fsp3) is 0.375. The Labute approximate surface area is 150 Å². The van der Waals surface area contributed by atoms with Gasteiger partial charge >= 0.3 is 6.03 Å². The van der Waals surface area contributed by atoms with Crippen LogP contribution < -0.4 is 16.0 Å². The van der Waals surface area contributed by atoms with Crippen LogP contribution in [0.5, 0.6) is 0 Å². The van der Waals surface area contributed by atoms with Crippen LogP contribution in [0.4, 0.5) is 10.5 Å². The van der Waals surface area contributed by atoms with E-state index in [2.05, 4.69) is 31.1 Å². The fourth-order valence-electron chi connectivity index (χ4n) is 1.98. The van der Waals surface area contributed by atoms with Gasteiger partial charge in [-0.05, 0) is 31.0 Å². The van der Waals surface area contributed by atoms with Crippen LogP contribution in [-0.4, -0.2) is 46.0 Å². The number of amides is 3. The average molecular weight is 362 g/mol. The van der Waals surface area contributed by atoms with Crippen molar-refractivity contribution in [1.29, 1.82) is 0 Å². The van der Waals surface area contributed by atoms with Crippen molar-refractivity contribution in [2.45, 2.75) is 25.4 Å². The Kier molecular flexibility index (Phi) is 7.27. The molecule has 0 aliphatic heterocycles. The van der Waals surface area contributed by atoms with Crippen molar-refractivity contribution in [2.24, 2.45) is 0 Å². The second kappa shape index (κ2) is 9.67. The first-order chi connectivity index (χ1) is 12.1. The van der Waals surface area contributed by atoms with Gasteiger partial charge in [0, 0.05) is 30.1 Å². The monoisotopic (exact) mass is 362 g/mol. The molecule has 0 spiro atoms. The van der Waals surface area contributed by atoms with Gasteiger partial charge in [0.15, 0.2) is 5.16 Å². The normalized spacial score (nSPS) is 10.3. The molecule has 0 aliphatic carbocycles. The molecular weight excluding hydrogens is 340 g/mol. The second-order valence-corrected chi connectivity index (χ2v) is 6.39. The smallest absolute Gasteiger partial charge is 0.319 e. The zero-order valence-corrected chi connectivity index (χ0v) is 15.1. The highest BCUT2D eigenvalue weighted by Crippen LogP contribution is 2.17. The van der Waals surface area contributed by atoms with Crippen LogP contribution in [0.15, 0.2) is 29.7 Å². The summed E-state index contributed by atoms with van der Waals surface area (Å²) in [6, 6.07) is 4.93. The molecule has 1 aromatic carbocycles. The first-order valence-corrected chi connectivity index (χ1v) is 9.00. The van der Waals surface area contributed by atoms with Crippen LogP contribution in [0.1, 0.15) is 29.3 Å². The number of rotatable bonds is 8. The molecule has 0 radical (unpaired) electrons. The Morgan fingerprint density at radius 1 is 1.24 bits per heavy atom. The highest BCUT2D eigenvalue weighted by molar-refractivity contribution is 7.99. The molecule has 0 saturated carbocycles. The number of urea groups is 1. The van der Waals surface area contributed by atoms with Crippen molar-refractivity contribution >= 4 is 29.4 Å². The highest BCUT2D eigenvalue weighted by Gasteiger charge is 2.09. The number of H-pyrrole nitrogens is 1. The molecule has 25 heavy (non-hydrogen) atoms. The Morgan fingerprint density at radius 2 is 2.08 bits per heavy atom. The van der Waals surface area contributed by atoms with E-state index in [1.54, 1.807) is 12.1 Å². The SMILES string of the molecule is CCCNC(=O)c1ccc(C)c(NC(=O)NCCSc2ncn[nH]2)c1. The van der Waals surface area contributed by atoms with E-state index in [1.165, 1.54) is 18.1 Å². The van der Waals surface area contributed by atoms with Crippen molar-refractivity contribution in [3.05, 3.63) is 35.7 Å². The number of benzene rings is 1. The number of hydrogen-bond acceptors (Lipinski definition) is 5. The molecule has 0 atom stereocenters. The molecule has 8 nitrogen and oxygen atoms in total. The summed E-state index contributed by atoms with van der Waals surface area (Å²) in [5.41, 5.74) is 2.03. The van der Waals surface area contributed by atoms with Crippen molar-refractivity contribution in [3.63, 3.8) is 0 Å². The predicted molar refractivity (Wildman–Crippen MR) is 97.9 cm³/mol. The second-order valence-electron chi connectivity index (χ2n) is 5.31. The maximum Gasteiger partial charge on any atom is 0.319 e. The number of aromatic nitrogens is 3. The molecule has 0 unspecified atom stereocenters. The molecule has 4 N–H and O–H groups in total. The lowest BCUT2D eigenvalue weighted by Gasteiger charge is -2.11. The molecule has 1 heterocycles. The summed E-state index contributed by atoms with van der Waals surface area (Å²) in [6.07, 6.45) is 2.31. The number of nitrogens with one attached hydrogen (secondary N) is 4. The number of anilines is 1. The van der Waals surface area contributed by atoms with E-state index in [9.17, 15) is 9.59 Å². The standard InChI is InChI=1S/C16H22N6O2S/c1-3-6-17-14(23)12-5-4-11(2)13(9-12)21-15(24)18-7-8-25-16-19-10-20-22-16/h4-5,9-10H,3,6-8H2,1-2H3,(H,17,23)(H2,18,21,24)(H,19,20,22). The van der Waals surface area contributed by atoms with Gasteiger partial charge in [0.2, 0.25) is 0 Å². The first kappa shape index (κ1) is 18.8. The number of aromatic amines is 1. The summed E-state index contributed by atoms with van der Waals surface area (Å²) >= 11 is 1.47. The molecule has 0 bridgehead atoms. The summed E-state index contributed by atoms with van der Waals surface area (Å²) in [5.74, 6) is 0.523. The number of hydrogen-bond donors (Lipinski definition) is 4. The van der Waals surface area contributed by atoms with Crippen LogP contribution >= 0.6 is 11.8 Å². The Bertz CT molecular complexity index is 705. The fourth-order valence-corrected chi connectivity index (χ4v) is 2.62. The van der Waals surface area contributed by atoms with E-state index < -0.39 is 0 Å². The molecule has 134 valence electrons. The minimum atomic E-state index is -0.313. The Morgan fingerprint density at radius 3 is 2.80 bits per heavy atom. The third-order valence-corrected chi connectivity index (χ3v) is 4.18. The summed E-state index contributed by atoms with van der Waals surface area (Å²) in [6.45, 7) is 4.97. The van der Waals surface area contributed by atoms with E-state index in [0.717, 1.165) is 12.0 Å². The van der Waals surface area contributed by atoms with Crippen LogP contribution in [0.25, 0.3) is 0 Å². The predicted octanol–water partition coefficient (Wildman–Crippen LogP) is 2.17. The third-order valence-electron chi connectivity index (χ3n) is 3.30. The lowest BCUT2D eigenvalue weighted by Crippen LogP contribution is -2.31. The Hall–Kier alpha value is -2.55. The zero-order chi connectivity index (χ0) is 18.1. The molecule has 2 aromatic rings. The lowest BCUT2D eigenvalue weighted by molar-refractivity contribution is 0.0953. The Balaban J connectivity index is 1.83. The van der Waals surface area contributed by atoms with Gasteiger partial charge in [0.25, 0.3) is 5.91 Å². The quantitative estimate of drug-likeness (QED) is 0.425. The van der Waals surface area contributed by atoms with E-state index in [4.69, 9.17) is 0 Å². The van der Waals surface area contributed by atoms with Gasteiger partial charge in [0.05, 0.1) is 0 Å². The van der Waals surface area contributed by atoms with Gasteiger partial charge in [-0.3, -0.25) is 9.89 Å². The minimum Gasteiger partial charge on any atom is -0.352 e. The first-order valence-electron chi connectivity index (χ1n) is 8.02. The lowest BCUT2D eigenvalue weighted by atomic mass is 10.1. The molecule has 3 amide bonds. The van der Waals surface area contributed by atoms with Crippen LogP contribution in [-0.2, 0) is 0 Å². The van der Waals surface area contributed by atoms with Gasteiger partial charge in [-0.15, -0.1) is 0 Å². The number of carbonyl (C=O) groups excluding carboxylic acids is 2. The zero-order valence-electron chi connectivity index (χ0n) is 14.3. The molecule has 0 saturated heterocycles. The van der Waals surface area contributed by atoms with Crippen LogP contribution in [0.3, 0.4) is 0 Å². The van der Waals surface area contributed by atoms with Crippen LogP contribution in [0.2, 0.25) is 0 Å². The van der Waals surface area contributed by atoms with Crippen LogP contribution in [0, 0.1) is 6.92 Å². The van der Waals surface area contributed by atoms with Crippen molar-refractivity contribution < 1.29 is 9.59 Å². The molecule has 0 fully saturated rings. The van der Waals surface area contributed by atoms with E-state index in [1.807, 2.05) is 19.9 Å². The van der Waals surface area contributed by atoms with Crippen molar-refractivity contribution in [1.82, 2.24) is 25.8 Å². The molecule has 1 aromatic heterocycles. The van der Waals surface area contributed by atoms with Crippen molar-refractivity contribution in [2.75, 3.05) is 24.2 Å². The third kappa shape index (κ3) is 6.11. The van der Waals surface area contributed by atoms with Crippen molar-refractivity contribution in [3.8, 4) is 0 Å². The maximum absolute atomic E-state index is 12.0. The number of thioether (sulfide) groups is 1. The summed E-state index contributed by atoms with van der Waals surface area (Å²) in [5, 5.41) is 15.6. The summed E-state index contributed by atoms with van der Waals surface area (Å²) in [7, 11) is 0. The average Bonchev–Trinajstić information content (AvgIpc) is 3.12. The summed E-state index contributed by atoms with van der Waals surface area (Å²) in [4.78, 5) is 28.0. The van der Waals surface area contributed by atoms with Gasteiger partial charge in [0.1, 0.15) is 6.33 Å². The summed E-state index contributed by atoms with van der Waals surface area (Å²) < 4.78 is 0. The van der Waals surface area contributed by atoms with Gasteiger partial charge < -0.3 is 16.0 Å². The van der Waals surface area contributed by atoms with Gasteiger partial charge in [-0.1, -0.05) is 24.8 Å². The number of nitrogens with zero attached hydrogens (tertiary/aromatic N) is 2. The maximum atomic E-state index is 12.0. The van der Waals surface area contributed by atoms with E-state index in [0.29, 0.717) is 35.2 Å². The molecule has 9 heteroatoms. The van der Waals surface area contributed by atoms with Gasteiger partial charge in [-0.25, -0.2) is 9.78 Å². The number of carbonyl (C=O) groups is 2. The number of aryl methyl sites for hydroxylation is 1. The molecule has 2 rings (SSSR count). The molecule has 0 aliphatic rings. The largest absolute Gasteiger partial charge is 0.352 e. The van der Waals surface area contributed by atoms with E-state index >= 15 is 0 Å². The van der Waals surface area contributed by atoms with Gasteiger partial charge in [-0.2, -0.15) is 5.10 Å². The topological polar surface area (TPSA) is 112 Å². The van der Waals surface area contributed by atoms with E-state index in [-0.39, 0.29) is 11.9 Å². The highest BCUT2D eigenvalue weighted by atomic mass is 32.2. The minimum absolute atomic E-state index is 0.145. The molecular formula is C16H22N6O2S.